The smallest absolute Gasteiger partial charge is 0.326 e. The average molecular weight is 547 g/mol. The number of urea groups is 1. The van der Waals surface area contributed by atoms with E-state index in [9.17, 15) is 19.5 Å². The fraction of sp³-hybridized carbons (Fsp3) is 0.310. The number of carbonyl (C=O) groups excluding carboxylic acids is 3. The number of phenols is 1. The molecule has 9 nitrogen and oxygen atoms in total. The summed E-state index contributed by atoms with van der Waals surface area (Å²) in [7, 11) is -1.31. The number of phenolic OH excluding ortho intramolecular Hbond substituents is 1. The molecule has 10 heteroatoms. The van der Waals surface area contributed by atoms with Crippen LogP contribution in [-0.4, -0.2) is 66.2 Å². The highest BCUT2D eigenvalue weighted by molar-refractivity contribution is 6.76. The van der Waals surface area contributed by atoms with Crippen LogP contribution in [0.3, 0.4) is 0 Å². The van der Waals surface area contributed by atoms with Crippen molar-refractivity contribution < 1.29 is 24.2 Å². The number of amides is 4. The van der Waals surface area contributed by atoms with Gasteiger partial charge in [-0.3, -0.25) is 14.6 Å². The van der Waals surface area contributed by atoms with E-state index in [0.717, 1.165) is 33.2 Å². The van der Waals surface area contributed by atoms with Crippen molar-refractivity contribution in [2.45, 2.75) is 38.3 Å². The van der Waals surface area contributed by atoms with Crippen LogP contribution in [0.2, 0.25) is 25.7 Å². The second kappa shape index (κ2) is 12.2. The van der Waals surface area contributed by atoms with E-state index < -0.39 is 20.1 Å². The van der Waals surface area contributed by atoms with Crippen molar-refractivity contribution in [3.63, 3.8) is 0 Å². The summed E-state index contributed by atoms with van der Waals surface area (Å²) in [6.07, 6.45) is 3.90. The van der Waals surface area contributed by atoms with Gasteiger partial charge in [-0.25, -0.2) is 9.69 Å². The Bertz CT molecular complexity index is 1310. The average Bonchev–Trinajstić information content (AvgIpc) is 3.22. The van der Waals surface area contributed by atoms with Gasteiger partial charge >= 0.3 is 6.03 Å². The molecule has 0 radical (unpaired) electrons. The monoisotopic (exact) mass is 546 g/mol. The van der Waals surface area contributed by atoms with Crippen molar-refractivity contribution in [3.8, 4) is 16.9 Å². The molecule has 1 aliphatic heterocycles. The highest BCUT2D eigenvalue weighted by Crippen LogP contribution is 2.29. The minimum absolute atomic E-state index is 0.0243. The number of imide groups is 1. The Morgan fingerprint density at radius 3 is 2.49 bits per heavy atom. The van der Waals surface area contributed by atoms with E-state index in [1.165, 1.54) is 6.07 Å². The first-order chi connectivity index (χ1) is 18.6. The van der Waals surface area contributed by atoms with E-state index in [1.807, 2.05) is 36.4 Å². The Labute approximate surface area is 229 Å². The summed E-state index contributed by atoms with van der Waals surface area (Å²) < 4.78 is 5.62. The van der Waals surface area contributed by atoms with Gasteiger partial charge in [0.25, 0.3) is 5.91 Å². The highest BCUT2D eigenvalue weighted by Gasteiger charge is 2.31. The fourth-order valence-corrected chi connectivity index (χ4v) is 5.07. The molecule has 2 N–H and O–H groups in total. The van der Waals surface area contributed by atoms with Crippen LogP contribution < -0.4 is 5.32 Å². The maximum Gasteiger partial charge on any atom is 0.326 e. The Balaban J connectivity index is 1.51. The number of ether oxygens (including phenoxy) is 1. The molecule has 1 aliphatic rings. The first-order valence-electron chi connectivity index (χ1n) is 12.9. The molecule has 0 bridgehead atoms. The van der Waals surface area contributed by atoms with Crippen LogP contribution in [0.15, 0.2) is 67.0 Å². The quantitative estimate of drug-likeness (QED) is 0.157. The van der Waals surface area contributed by atoms with E-state index in [4.69, 9.17) is 4.74 Å². The Hall–Kier alpha value is -4.02. The molecular weight excluding hydrogens is 512 g/mol. The molecule has 0 fully saturated rings. The molecule has 0 spiro atoms. The normalized spacial score (nSPS) is 13.6. The molecule has 0 aliphatic carbocycles. The summed E-state index contributed by atoms with van der Waals surface area (Å²) in [5.41, 5.74) is 4.01. The fourth-order valence-electron chi connectivity index (χ4n) is 4.31. The van der Waals surface area contributed by atoms with Crippen molar-refractivity contribution in [1.82, 2.24) is 20.1 Å². The van der Waals surface area contributed by atoms with Crippen LogP contribution >= 0.6 is 0 Å². The first kappa shape index (κ1) is 28.0. The van der Waals surface area contributed by atoms with Crippen molar-refractivity contribution in [2.24, 2.45) is 0 Å². The van der Waals surface area contributed by atoms with E-state index in [-0.39, 0.29) is 24.9 Å². The number of aromatic nitrogens is 1. The van der Waals surface area contributed by atoms with E-state index in [0.29, 0.717) is 25.1 Å². The second-order valence-electron chi connectivity index (χ2n) is 10.8. The van der Waals surface area contributed by atoms with Gasteiger partial charge in [0.1, 0.15) is 12.5 Å². The van der Waals surface area contributed by atoms with E-state index in [1.54, 1.807) is 29.4 Å². The number of nitrogens with one attached hydrogen (secondary N) is 1. The summed E-state index contributed by atoms with van der Waals surface area (Å²) in [6, 6.07) is 16.0. The van der Waals surface area contributed by atoms with Crippen LogP contribution in [0.1, 0.15) is 27.5 Å². The minimum atomic E-state index is -1.31. The number of hydrogen-bond donors (Lipinski definition) is 2. The zero-order chi connectivity index (χ0) is 28.0. The first-order valence-corrected chi connectivity index (χ1v) is 16.6. The number of nitrogens with zero attached hydrogens (tertiary/aromatic N) is 3. The summed E-state index contributed by atoms with van der Waals surface area (Å²) in [6.45, 7) is 7.53. The Morgan fingerprint density at radius 2 is 1.82 bits per heavy atom. The zero-order valence-corrected chi connectivity index (χ0v) is 23.5. The summed E-state index contributed by atoms with van der Waals surface area (Å²) in [5.74, 6) is -0.202. The van der Waals surface area contributed by atoms with Crippen molar-refractivity contribution >= 4 is 26.4 Å². The third-order valence-electron chi connectivity index (χ3n) is 6.61. The number of aromatic hydroxyl groups is 1. The van der Waals surface area contributed by atoms with E-state index in [2.05, 4.69) is 29.9 Å². The predicted molar refractivity (Wildman–Crippen MR) is 151 cm³/mol. The largest absolute Gasteiger partial charge is 0.508 e. The number of carbonyl (C=O) groups is 3. The van der Waals surface area contributed by atoms with Crippen molar-refractivity contribution in [2.75, 3.05) is 19.9 Å². The number of fused-ring (bicyclic) bond motifs is 1. The zero-order valence-electron chi connectivity index (χ0n) is 22.5. The summed E-state index contributed by atoms with van der Waals surface area (Å²) >= 11 is 0. The Morgan fingerprint density at radius 1 is 1.13 bits per heavy atom. The van der Waals surface area contributed by atoms with Crippen molar-refractivity contribution in [3.05, 3.63) is 83.7 Å². The molecule has 204 valence electrons. The lowest BCUT2D eigenvalue weighted by Gasteiger charge is -2.27. The van der Waals surface area contributed by atoms with Gasteiger partial charge in [-0.2, -0.15) is 0 Å². The molecule has 4 rings (SSSR count). The topological polar surface area (TPSA) is 112 Å². The number of hydrogen-bond acceptors (Lipinski definition) is 6. The molecular formula is C29H34N4O5Si. The molecule has 39 heavy (non-hydrogen) atoms. The second-order valence-corrected chi connectivity index (χ2v) is 16.4. The highest BCUT2D eigenvalue weighted by atomic mass is 28.3. The van der Waals surface area contributed by atoms with Crippen molar-refractivity contribution in [1.29, 1.82) is 0 Å². The lowest BCUT2D eigenvalue weighted by molar-refractivity contribution is -0.119. The third-order valence-corrected chi connectivity index (χ3v) is 8.32. The van der Waals surface area contributed by atoms with Gasteiger partial charge in [-0.1, -0.05) is 50.0 Å². The van der Waals surface area contributed by atoms with Gasteiger partial charge in [0.15, 0.2) is 0 Å². The molecule has 0 saturated carbocycles. The molecule has 1 atom stereocenters. The maximum atomic E-state index is 13.1. The molecule has 1 aromatic heterocycles. The lowest BCUT2D eigenvalue weighted by Crippen LogP contribution is -2.45. The minimum Gasteiger partial charge on any atom is -0.508 e. The van der Waals surface area contributed by atoms with Gasteiger partial charge in [0.05, 0.1) is 6.04 Å². The van der Waals surface area contributed by atoms with Gasteiger partial charge in [0.2, 0.25) is 6.41 Å². The van der Waals surface area contributed by atoms with Crippen LogP contribution in [0.4, 0.5) is 4.79 Å². The standard InChI is InChI=1S/C29H34N4O5Si/c1-39(2,3)15-14-38-20-33(19-34)29(37)31-27(18-32-17-24-8-9-25(35)16-26(24)28(32)36)23-6-4-21(5-7-23)22-10-12-30-13-11-22/h4-13,16,19,27,35H,14-15,17-18,20H2,1-3H3,(H,31,37)/t27-/m0/s1. The molecule has 2 aromatic carbocycles. The number of rotatable bonds is 11. The Kier molecular flexibility index (Phi) is 8.78. The van der Waals surface area contributed by atoms with Gasteiger partial charge in [-0.05, 0) is 52.6 Å². The van der Waals surface area contributed by atoms with Gasteiger partial charge in [-0.15, -0.1) is 0 Å². The SMILES string of the molecule is C[Si](C)(C)CCOCN(C=O)C(=O)N[C@@H](CN1Cc2ccc(O)cc2C1=O)c1ccc(-c2ccncc2)cc1. The lowest BCUT2D eigenvalue weighted by atomic mass is 10.0. The summed E-state index contributed by atoms with van der Waals surface area (Å²) in [5, 5.41) is 12.8. The molecule has 0 saturated heterocycles. The van der Waals surface area contributed by atoms with Gasteiger partial charge < -0.3 is 20.1 Å². The molecule has 2 heterocycles. The summed E-state index contributed by atoms with van der Waals surface area (Å²) in [4.78, 5) is 44.6. The maximum absolute atomic E-state index is 13.1. The van der Waals surface area contributed by atoms with E-state index >= 15 is 0 Å². The van der Waals surface area contributed by atoms with Crippen LogP contribution in [0.5, 0.6) is 5.75 Å². The molecule has 0 unspecified atom stereocenters. The van der Waals surface area contributed by atoms with Crippen LogP contribution in [0.25, 0.3) is 11.1 Å². The predicted octanol–water partition coefficient (Wildman–Crippen LogP) is 4.63. The van der Waals surface area contributed by atoms with Gasteiger partial charge in [0, 0.05) is 45.7 Å². The van der Waals surface area contributed by atoms with Crippen LogP contribution in [0, 0.1) is 0 Å². The third kappa shape index (κ3) is 7.30. The number of benzene rings is 2. The number of pyridine rings is 1. The molecule has 3 aromatic rings. The molecule has 4 amide bonds. The van der Waals surface area contributed by atoms with Crippen LogP contribution in [-0.2, 0) is 16.1 Å².